The number of hydrazine groups is 1. The van der Waals surface area contributed by atoms with E-state index in [1.54, 1.807) is 18.2 Å². The van der Waals surface area contributed by atoms with Gasteiger partial charge in [0.05, 0.1) is 18.2 Å². The molecule has 3 N–H and O–H groups in total. The van der Waals surface area contributed by atoms with Crippen molar-refractivity contribution in [1.29, 1.82) is 0 Å². The Hall–Kier alpha value is -1.69. The molecule has 1 unspecified atom stereocenters. The summed E-state index contributed by atoms with van der Waals surface area (Å²) in [4.78, 5) is 0. The molecule has 0 spiro atoms. The van der Waals surface area contributed by atoms with Gasteiger partial charge in [0.15, 0.2) is 0 Å². The molecule has 6 heteroatoms. The summed E-state index contributed by atoms with van der Waals surface area (Å²) in [6.07, 6.45) is 0.0692. The standard InChI is InChI=1S/C15H15ClF2N2O/c1-21-15-7-9(5-6-11(15)16)14(20-19)8-10-12(17)3-2-4-13(10)18/h2-7,14,20H,8,19H2,1H3. The molecule has 2 aromatic rings. The van der Waals surface area contributed by atoms with Crippen molar-refractivity contribution in [2.75, 3.05) is 7.11 Å². The van der Waals surface area contributed by atoms with E-state index in [9.17, 15) is 8.78 Å². The van der Waals surface area contributed by atoms with Gasteiger partial charge in [-0.3, -0.25) is 11.3 Å². The summed E-state index contributed by atoms with van der Waals surface area (Å²) in [7, 11) is 1.49. The molecule has 112 valence electrons. The van der Waals surface area contributed by atoms with E-state index in [1.165, 1.54) is 25.3 Å². The molecule has 21 heavy (non-hydrogen) atoms. The van der Waals surface area contributed by atoms with E-state index in [-0.39, 0.29) is 12.0 Å². The predicted molar refractivity (Wildman–Crippen MR) is 78.1 cm³/mol. The first-order chi connectivity index (χ1) is 10.1. The molecule has 0 aliphatic rings. The molecule has 0 heterocycles. The molecular formula is C15H15ClF2N2O. The summed E-state index contributed by atoms with van der Waals surface area (Å²) in [6, 6.07) is 8.35. The third-order valence-electron chi connectivity index (χ3n) is 3.25. The number of nitrogens with one attached hydrogen (secondary N) is 1. The van der Waals surface area contributed by atoms with Crippen molar-refractivity contribution in [2.45, 2.75) is 12.5 Å². The number of methoxy groups -OCH3 is 1. The van der Waals surface area contributed by atoms with Crippen molar-refractivity contribution in [2.24, 2.45) is 5.84 Å². The average molecular weight is 313 g/mol. The maximum Gasteiger partial charge on any atom is 0.137 e. The summed E-state index contributed by atoms with van der Waals surface area (Å²) in [5.74, 6) is 4.79. The van der Waals surface area contributed by atoms with E-state index in [1.807, 2.05) is 0 Å². The quantitative estimate of drug-likeness (QED) is 0.657. The van der Waals surface area contributed by atoms with Crippen LogP contribution in [0.15, 0.2) is 36.4 Å². The number of hydrogen-bond acceptors (Lipinski definition) is 3. The van der Waals surface area contributed by atoms with Crippen molar-refractivity contribution in [3.63, 3.8) is 0 Å². The van der Waals surface area contributed by atoms with E-state index in [2.05, 4.69) is 5.43 Å². The normalized spacial score (nSPS) is 12.2. The molecule has 0 amide bonds. The lowest BCUT2D eigenvalue weighted by Crippen LogP contribution is -2.30. The lowest BCUT2D eigenvalue weighted by molar-refractivity contribution is 0.413. The third kappa shape index (κ3) is 3.50. The lowest BCUT2D eigenvalue weighted by Gasteiger charge is -2.18. The molecule has 0 saturated heterocycles. The maximum atomic E-state index is 13.7. The monoisotopic (exact) mass is 312 g/mol. The molecule has 0 aliphatic carbocycles. The molecule has 0 bridgehead atoms. The Kier molecular flexibility index (Phi) is 5.12. The number of rotatable bonds is 5. The van der Waals surface area contributed by atoms with Gasteiger partial charge in [-0.25, -0.2) is 8.78 Å². The van der Waals surface area contributed by atoms with Gasteiger partial charge in [-0.2, -0.15) is 0 Å². The number of ether oxygens (including phenoxy) is 1. The summed E-state index contributed by atoms with van der Waals surface area (Å²) in [5, 5.41) is 0.453. The van der Waals surface area contributed by atoms with Gasteiger partial charge in [0.2, 0.25) is 0 Å². The molecule has 0 aliphatic heterocycles. The SMILES string of the molecule is COc1cc(C(Cc2c(F)cccc2F)NN)ccc1Cl. The molecule has 3 nitrogen and oxygen atoms in total. The minimum atomic E-state index is -0.601. The van der Waals surface area contributed by atoms with Gasteiger partial charge in [0.25, 0.3) is 0 Å². The van der Waals surface area contributed by atoms with Crippen LogP contribution in [0.4, 0.5) is 8.78 Å². The Labute approximate surface area is 126 Å². The Morgan fingerprint density at radius 3 is 2.48 bits per heavy atom. The van der Waals surface area contributed by atoms with Crippen molar-refractivity contribution >= 4 is 11.6 Å². The van der Waals surface area contributed by atoms with Crippen LogP contribution in [0.3, 0.4) is 0 Å². The van der Waals surface area contributed by atoms with Crippen molar-refractivity contribution < 1.29 is 13.5 Å². The number of benzene rings is 2. The maximum absolute atomic E-state index is 13.7. The zero-order chi connectivity index (χ0) is 15.4. The Balaban J connectivity index is 2.32. The van der Waals surface area contributed by atoms with Crippen molar-refractivity contribution in [3.8, 4) is 5.75 Å². The fraction of sp³-hybridized carbons (Fsp3) is 0.200. The highest BCUT2D eigenvalue weighted by atomic mass is 35.5. The molecule has 2 aromatic carbocycles. The molecular weight excluding hydrogens is 298 g/mol. The van der Waals surface area contributed by atoms with E-state index in [0.717, 1.165) is 5.56 Å². The smallest absolute Gasteiger partial charge is 0.137 e. The summed E-state index contributed by atoms with van der Waals surface area (Å²) in [6.45, 7) is 0. The first kappa shape index (κ1) is 15.7. The highest BCUT2D eigenvalue weighted by Crippen LogP contribution is 2.29. The Morgan fingerprint density at radius 1 is 1.24 bits per heavy atom. The predicted octanol–water partition coefficient (Wildman–Crippen LogP) is 3.37. The van der Waals surface area contributed by atoms with Crippen LogP contribution in [-0.4, -0.2) is 7.11 Å². The summed E-state index contributed by atoms with van der Waals surface area (Å²) < 4.78 is 32.6. The molecule has 0 saturated carbocycles. The van der Waals surface area contributed by atoms with Crippen molar-refractivity contribution in [3.05, 3.63) is 64.2 Å². The van der Waals surface area contributed by atoms with Crippen LogP contribution >= 0.6 is 11.6 Å². The van der Waals surface area contributed by atoms with E-state index in [0.29, 0.717) is 10.8 Å². The number of nitrogens with two attached hydrogens (primary N) is 1. The van der Waals surface area contributed by atoms with Crippen LogP contribution in [0.1, 0.15) is 17.2 Å². The Morgan fingerprint density at radius 2 is 1.90 bits per heavy atom. The first-order valence-electron chi connectivity index (χ1n) is 6.29. The first-order valence-corrected chi connectivity index (χ1v) is 6.67. The van der Waals surface area contributed by atoms with Gasteiger partial charge >= 0.3 is 0 Å². The fourth-order valence-electron chi connectivity index (χ4n) is 2.10. The highest BCUT2D eigenvalue weighted by Gasteiger charge is 2.17. The van der Waals surface area contributed by atoms with Crippen LogP contribution in [0.25, 0.3) is 0 Å². The topological polar surface area (TPSA) is 47.3 Å². The Bertz CT molecular complexity index is 617. The van der Waals surface area contributed by atoms with Gasteiger partial charge in [-0.05, 0) is 36.2 Å². The summed E-state index contributed by atoms with van der Waals surface area (Å²) in [5.41, 5.74) is 3.26. The van der Waals surface area contributed by atoms with Crippen LogP contribution < -0.4 is 16.0 Å². The summed E-state index contributed by atoms with van der Waals surface area (Å²) >= 11 is 5.96. The zero-order valence-electron chi connectivity index (χ0n) is 11.4. The minimum absolute atomic E-state index is 0.0191. The lowest BCUT2D eigenvalue weighted by atomic mass is 9.98. The van der Waals surface area contributed by atoms with E-state index >= 15 is 0 Å². The molecule has 1 atom stereocenters. The third-order valence-corrected chi connectivity index (χ3v) is 3.56. The number of halogens is 3. The van der Waals surface area contributed by atoms with Gasteiger partial charge < -0.3 is 4.74 Å². The average Bonchev–Trinajstić information content (AvgIpc) is 2.48. The molecule has 0 fully saturated rings. The van der Waals surface area contributed by atoms with Gasteiger partial charge in [0, 0.05) is 5.56 Å². The fourth-order valence-corrected chi connectivity index (χ4v) is 2.29. The highest BCUT2D eigenvalue weighted by molar-refractivity contribution is 6.32. The van der Waals surface area contributed by atoms with Crippen molar-refractivity contribution in [1.82, 2.24) is 5.43 Å². The molecule has 0 radical (unpaired) electrons. The van der Waals surface area contributed by atoms with Crippen LogP contribution in [0.5, 0.6) is 5.75 Å². The number of hydrogen-bond donors (Lipinski definition) is 2. The largest absolute Gasteiger partial charge is 0.495 e. The van der Waals surface area contributed by atoms with Crippen LogP contribution in [-0.2, 0) is 6.42 Å². The van der Waals surface area contributed by atoms with Crippen LogP contribution in [0, 0.1) is 11.6 Å². The second kappa shape index (κ2) is 6.85. The van der Waals surface area contributed by atoms with Gasteiger partial charge in [-0.1, -0.05) is 23.7 Å². The molecule has 2 rings (SSSR count). The van der Waals surface area contributed by atoms with E-state index < -0.39 is 17.7 Å². The zero-order valence-corrected chi connectivity index (χ0v) is 12.1. The van der Waals surface area contributed by atoms with Gasteiger partial charge in [0.1, 0.15) is 17.4 Å². The molecule has 0 aromatic heterocycles. The van der Waals surface area contributed by atoms with Crippen LogP contribution in [0.2, 0.25) is 5.02 Å². The minimum Gasteiger partial charge on any atom is -0.495 e. The second-order valence-electron chi connectivity index (χ2n) is 4.52. The van der Waals surface area contributed by atoms with Gasteiger partial charge in [-0.15, -0.1) is 0 Å². The van der Waals surface area contributed by atoms with E-state index in [4.69, 9.17) is 22.2 Å². The second-order valence-corrected chi connectivity index (χ2v) is 4.92.